The molecule has 0 aromatic heterocycles. The second kappa shape index (κ2) is 5.35. The number of benzene rings is 1. The first kappa shape index (κ1) is 15.3. The normalized spacial score (nSPS) is 20.3. The lowest BCUT2D eigenvalue weighted by molar-refractivity contribution is -0.119. The van der Waals surface area contributed by atoms with E-state index < -0.39 is 0 Å². The van der Waals surface area contributed by atoms with Crippen molar-refractivity contribution in [2.45, 2.75) is 25.8 Å². The molecule has 0 bridgehead atoms. The first-order chi connectivity index (χ1) is 9.56. The third-order valence-corrected chi connectivity index (χ3v) is 4.37. The Bertz CT molecular complexity index is 646. The summed E-state index contributed by atoms with van der Waals surface area (Å²) in [6.45, 7) is 9.37. The summed E-state index contributed by atoms with van der Waals surface area (Å²) in [5, 5.41) is 0.296. The monoisotopic (exact) mass is 307 g/mol. The van der Waals surface area contributed by atoms with Gasteiger partial charge in [0.25, 0.3) is 5.91 Å². The Hall–Kier alpha value is -2.10. The largest absolute Gasteiger partial charge is 0.412 e. The Kier molecular flexibility index (Phi) is 3.90. The summed E-state index contributed by atoms with van der Waals surface area (Å²) in [6.07, 6.45) is 1.58. The number of fused-ring (bicyclic) bond motifs is 1. The molecule has 0 aliphatic carbocycles. The molecule has 1 aromatic carbocycles. The lowest BCUT2D eigenvalue weighted by Gasteiger charge is -2.18. The summed E-state index contributed by atoms with van der Waals surface area (Å²) in [7, 11) is 0. The molecule has 0 saturated carbocycles. The van der Waals surface area contributed by atoms with E-state index in [0.717, 1.165) is 6.42 Å². The zero-order valence-electron chi connectivity index (χ0n) is 11.4. The van der Waals surface area contributed by atoms with Crippen molar-refractivity contribution in [3.05, 3.63) is 34.1 Å². The van der Waals surface area contributed by atoms with E-state index in [-0.39, 0.29) is 23.5 Å². The highest BCUT2D eigenvalue weighted by Crippen LogP contribution is 2.38. The van der Waals surface area contributed by atoms with Gasteiger partial charge in [0.15, 0.2) is 0 Å². The van der Waals surface area contributed by atoms with Crippen molar-refractivity contribution in [1.29, 1.82) is 0 Å². The fraction of sp³-hybridized carbons (Fsp3) is 0.357. The van der Waals surface area contributed by atoms with Gasteiger partial charge in [-0.05, 0) is 31.4 Å². The number of imide groups is 1. The zero-order chi connectivity index (χ0) is 14.4. The molecule has 1 aromatic rings. The number of carbonyl (C=O) groups is 2. The van der Waals surface area contributed by atoms with Crippen LogP contribution in [0.2, 0.25) is 5.02 Å². The van der Waals surface area contributed by atoms with Crippen molar-refractivity contribution in [3.63, 3.8) is 0 Å². The lowest BCUT2D eigenvalue weighted by Crippen LogP contribution is -2.33. The van der Waals surface area contributed by atoms with Crippen LogP contribution in [0.4, 0.5) is 16.2 Å². The quantitative estimate of drug-likeness (QED) is 0.589. The molecular formula is C14H14ClN3O3. The highest BCUT2D eigenvalue weighted by atomic mass is 35.5. The highest BCUT2D eigenvalue weighted by Gasteiger charge is 2.48. The number of carbonyl (C=O) groups excluding carboxylic acids is 2. The summed E-state index contributed by atoms with van der Waals surface area (Å²) in [5.41, 5.74) is 1.39. The van der Waals surface area contributed by atoms with Gasteiger partial charge in [0.05, 0.1) is 17.3 Å². The number of amides is 3. The highest BCUT2D eigenvalue weighted by molar-refractivity contribution is 6.35. The lowest BCUT2D eigenvalue weighted by atomic mass is 10.1. The van der Waals surface area contributed by atoms with E-state index in [1.165, 1.54) is 4.90 Å². The van der Waals surface area contributed by atoms with Gasteiger partial charge in [0.1, 0.15) is 6.04 Å². The molecule has 6 nitrogen and oxygen atoms in total. The van der Waals surface area contributed by atoms with Gasteiger partial charge in [-0.3, -0.25) is 4.79 Å². The fourth-order valence-electron chi connectivity index (χ4n) is 2.84. The van der Waals surface area contributed by atoms with Gasteiger partial charge in [0.2, 0.25) is 5.69 Å². The number of rotatable bonds is 1. The molecule has 2 saturated heterocycles. The summed E-state index contributed by atoms with van der Waals surface area (Å²) < 4.78 is 0. The second-order valence-corrected chi connectivity index (χ2v) is 5.34. The van der Waals surface area contributed by atoms with Crippen LogP contribution in [0.1, 0.15) is 18.4 Å². The van der Waals surface area contributed by atoms with Gasteiger partial charge in [-0.2, -0.15) is 0 Å². The molecule has 21 heavy (non-hydrogen) atoms. The van der Waals surface area contributed by atoms with Gasteiger partial charge >= 0.3 is 6.03 Å². The standard InChI is InChI=1S/C14H12ClN3O2.H2O/c1-8-10(6-5-9(16-2)12(8)15)18-13(19)11-4-3-7-17(11)14(18)20;/h5-6,11H,3-4,7H2,1H3;1H2/t11-;/m0./s1. The van der Waals surface area contributed by atoms with E-state index in [0.29, 0.717) is 34.9 Å². The van der Waals surface area contributed by atoms with Crippen molar-refractivity contribution < 1.29 is 15.1 Å². The van der Waals surface area contributed by atoms with Gasteiger partial charge in [-0.15, -0.1) is 0 Å². The number of urea groups is 1. The van der Waals surface area contributed by atoms with Crippen molar-refractivity contribution in [1.82, 2.24) is 4.90 Å². The van der Waals surface area contributed by atoms with Gasteiger partial charge in [0, 0.05) is 6.54 Å². The van der Waals surface area contributed by atoms with Gasteiger partial charge < -0.3 is 10.4 Å². The molecule has 3 amide bonds. The average Bonchev–Trinajstić information content (AvgIpc) is 3.00. The molecule has 3 rings (SSSR count). The number of nitrogens with zero attached hydrogens (tertiary/aromatic N) is 3. The maximum atomic E-state index is 12.4. The SMILES string of the molecule is O.[C-]#[N+]c1ccc(N2C(=O)[C@@H]3CCCN3C2=O)c(C)c1Cl. The molecule has 0 unspecified atom stereocenters. The Morgan fingerprint density at radius 1 is 1.38 bits per heavy atom. The van der Waals surface area contributed by atoms with Crippen molar-refractivity contribution in [2.75, 3.05) is 11.4 Å². The molecule has 110 valence electrons. The molecule has 0 spiro atoms. The van der Waals surface area contributed by atoms with Gasteiger partial charge in [-0.25, -0.2) is 14.5 Å². The number of anilines is 1. The van der Waals surface area contributed by atoms with Crippen LogP contribution in [0, 0.1) is 13.5 Å². The van der Waals surface area contributed by atoms with E-state index in [1.807, 2.05) is 0 Å². The maximum absolute atomic E-state index is 12.4. The van der Waals surface area contributed by atoms with Crippen LogP contribution >= 0.6 is 11.6 Å². The summed E-state index contributed by atoms with van der Waals surface area (Å²) in [4.78, 5) is 30.8. The minimum Gasteiger partial charge on any atom is -0.412 e. The van der Waals surface area contributed by atoms with E-state index in [2.05, 4.69) is 4.85 Å². The maximum Gasteiger partial charge on any atom is 0.332 e. The Morgan fingerprint density at radius 2 is 2.10 bits per heavy atom. The Labute approximate surface area is 127 Å². The van der Waals surface area contributed by atoms with E-state index >= 15 is 0 Å². The minimum absolute atomic E-state index is 0. The molecule has 2 aliphatic rings. The zero-order valence-corrected chi connectivity index (χ0v) is 12.1. The summed E-state index contributed by atoms with van der Waals surface area (Å²) >= 11 is 6.12. The third kappa shape index (κ3) is 2.06. The smallest absolute Gasteiger partial charge is 0.332 e. The van der Waals surface area contributed by atoms with E-state index in [9.17, 15) is 9.59 Å². The van der Waals surface area contributed by atoms with Crippen LogP contribution in [0.5, 0.6) is 0 Å². The first-order valence-electron chi connectivity index (χ1n) is 6.37. The predicted molar refractivity (Wildman–Crippen MR) is 78.7 cm³/mol. The topological polar surface area (TPSA) is 76.5 Å². The predicted octanol–water partition coefficient (Wildman–Crippen LogP) is 2.31. The molecule has 2 N–H and O–H groups in total. The number of hydrogen-bond donors (Lipinski definition) is 0. The van der Waals surface area contributed by atoms with Crippen LogP contribution in [0.25, 0.3) is 4.85 Å². The third-order valence-electron chi connectivity index (χ3n) is 3.89. The van der Waals surface area contributed by atoms with E-state index in [1.54, 1.807) is 24.0 Å². The number of hydrogen-bond acceptors (Lipinski definition) is 2. The van der Waals surface area contributed by atoms with Crippen molar-refractivity contribution in [3.8, 4) is 0 Å². The van der Waals surface area contributed by atoms with Crippen molar-refractivity contribution in [2.24, 2.45) is 0 Å². The number of halogens is 1. The summed E-state index contributed by atoms with van der Waals surface area (Å²) in [5.74, 6) is -0.192. The van der Waals surface area contributed by atoms with E-state index in [4.69, 9.17) is 18.2 Å². The van der Waals surface area contributed by atoms with Crippen LogP contribution in [0.3, 0.4) is 0 Å². The average molecular weight is 308 g/mol. The van der Waals surface area contributed by atoms with Crippen LogP contribution in [-0.2, 0) is 4.79 Å². The first-order valence-corrected chi connectivity index (χ1v) is 6.75. The van der Waals surface area contributed by atoms with Crippen molar-refractivity contribution >= 4 is 34.9 Å². The molecule has 2 heterocycles. The van der Waals surface area contributed by atoms with Crippen LogP contribution in [-0.4, -0.2) is 34.9 Å². The van der Waals surface area contributed by atoms with Crippen LogP contribution < -0.4 is 4.90 Å². The summed E-state index contributed by atoms with van der Waals surface area (Å²) in [6, 6.07) is 2.54. The fourth-order valence-corrected chi connectivity index (χ4v) is 3.04. The van der Waals surface area contributed by atoms with Gasteiger partial charge in [-0.1, -0.05) is 17.7 Å². The Balaban J connectivity index is 0.00000161. The molecule has 2 fully saturated rings. The molecular weight excluding hydrogens is 294 g/mol. The molecule has 7 heteroatoms. The Morgan fingerprint density at radius 3 is 2.71 bits per heavy atom. The molecule has 2 aliphatic heterocycles. The minimum atomic E-state index is -0.332. The second-order valence-electron chi connectivity index (χ2n) is 4.96. The van der Waals surface area contributed by atoms with Crippen LogP contribution in [0.15, 0.2) is 12.1 Å². The molecule has 1 atom stereocenters. The molecule has 0 radical (unpaired) electrons.